The van der Waals surface area contributed by atoms with Crippen LogP contribution in [0, 0.1) is 11.3 Å². The van der Waals surface area contributed by atoms with Crippen molar-refractivity contribution in [1.29, 1.82) is 5.26 Å². The number of carbonyl (C=O) groups excluding carboxylic acids is 3. The fourth-order valence-electron chi connectivity index (χ4n) is 4.52. The van der Waals surface area contributed by atoms with Crippen LogP contribution in [0.15, 0.2) is 42.5 Å². The molecule has 0 aromatic heterocycles. The van der Waals surface area contributed by atoms with Gasteiger partial charge in [0.25, 0.3) is 0 Å². The van der Waals surface area contributed by atoms with Gasteiger partial charge in [-0.1, -0.05) is 24.3 Å². The third kappa shape index (κ3) is 5.27. The smallest absolute Gasteiger partial charge is 0.347 e. The van der Waals surface area contributed by atoms with Gasteiger partial charge in [-0.3, -0.25) is 4.90 Å². The maximum absolute atomic E-state index is 12.5. The monoisotopic (exact) mass is 509 g/mol. The highest BCUT2D eigenvalue weighted by Gasteiger charge is 2.56. The average Bonchev–Trinajstić information content (AvgIpc) is 3.13. The molecule has 0 saturated carbocycles. The quantitative estimate of drug-likeness (QED) is 0.351. The SMILES string of the molecule is C[C@@H](N)Cc1cc(C#N)c2c(c1)CC1(OC(=O)C(O)C(O)C(=O)O1)N2CCCOC(=O)c1ccccc1. The second-order valence-corrected chi connectivity index (χ2v) is 9.07. The Morgan fingerprint density at radius 3 is 2.46 bits per heavy atom. The lowest BCUT2D eigenvalue weighted by Crippen LogP contribution is -2.53. The molecule has 3 atom stereocenters. The average molecular weight is 510 g/mol. The van der Waals surface area contributed by atoms with Crippen LogP contribution < -0.4 is 10.6 Å². The summed E-state index contributed by atoms with van der Waals surface area (Å²) in [4.78, 5) is 38.8. The summed E-state index contributed by atoms with van der Waals surface area (Å²) in [5, 5.41) is 29.9. The number of hydrogen-bond acceptors (Lipinski definition) is 11. The number of aliphatic hydroxyl groups excluding tert-OH is 2. The molecule has 0 amide bonds. The van der Waals surface area contributed by atoms with E-state index in [1.54, 1.807) is 42.5 Å². The van der Waals surface area contributed by atoms with Crippen molar-refractivity contribution < 1.29 is 38.8 Å². The Morgan fingerprint density at radius 2 is 1.86 bits per heavy atom. The molecule has 37 heavy (non-hydrogen) atoms. The van der Waals surface area contributed by atoms with Crippen molar-refractivity contribution in [2.75, 3.05) is 18.1 Å². The minimum Gasteiger partial charge on any atom is -0.462 e. The third-order valence-electron chi connectivity index (χ3n) is 6.09. The number of fused-ring (bicyclic) bond motifs is 1. The molecule has 1 spiro atoms. The first-order chi connectivity index (χ1) is 17.6. The van der Waals surface area contributed by atoms with Gasteiger partial charge in [0.2, 0.25) is 0 Å². The normalized spacial score (nSPS) is 23.5. The van der Waals surface area contributed by atoms with Crippen LogP contribution in [0.3, 0.4) is 0 Å². The summed E-state index contributed by atoms with van der Waals surface area (Å²) in [7, 11) is 0. The van der Waals surface area contributed by atoms with Crippen LogP contribution in [-0.4, -0.2) is 65.4 Å². The highest BCUT2D eigenvalue weighted by atomic mass is 16.8. The van der Waals surface area contributed by atoms with Crippen molar-refractivity contribution in [2.45, 2.75) is 50.3 Å². The molecule has 0 aliphatic carbocycles. The Balaban J connectivity index is 1.64. The van der Waals surface area contributed by atoms with E-state index >= 15 is 0 Å². The van der Waals surface area contributed by atoms with Crippen molar-refractivity contribution in [2.24, 2.45) is 5.73 Å². The maximum atomic E-state index is 12.5. The molecule has 11 nitrogen and oxygen atoms in total. The lowest BCUT2D eigenvalue weighted by Gasteiger charge is -2.37. The van der Waals surface area contributed by atoms with Gasteiger partial charge in [-0.2, -0.15) is 5.26 Å². The van der Waals surface area contributed by atoms with Crippen molar-refractivity contribution in [3.63, 3.8) is 0 Å². The number of nitriles is 1. The number of nitrogens with two attached hydrogens (primary N) is 1. The predicted molar refractivity (Wildman–Crippen MR) is 128 cm³/mol. The third-order valence-corrected chi connectivity index (χ3v) is 6.09. The molecular formula is C26H27N3O8. The molecular weight excluding hydrogens is 482 g/mol. The van der Waals surface area contributed by atoms with Gasteiger partial charge in [-0.25, -0.2) is 14.4 Å². The minimum absolute atomic E-state index is 0.0204. The lowest BCUT2D eigenvalue weighted by atomic mass is 9.99. The Hall–Kier alpha value is -3.98. The summed E-state index contributed by atoms with van der Waals surface area (Å²) in [6.45, 7) is 1.85. The molecule has 2 heterocycles. The van der Waals surface area contributed by atoms with E-state index in [9.17, 15) is 29.9 Å². The first kappa shape index (κ1) is 26.1. The van der Waals surface area contributed by atoms with Gasteiger partial charge < -0.3 is 30.2 Å². The fraction of sp³-hybridized carbons (Fsp3) is 0.385. The van der Waals surface area contributed by atoms with Crippen molar-refractivity contribution in [1.82, 2.24) is 0 Å². The van der Waals surface area contributed by atoms with Gasteiger partial charge in [0.1, 0.15) is 6.07 Å². The van der Waals surface area contributed by atoms with Gasteiger partial charge in [-0.15, -0.1) is 0 Å². The molecule has 11 heteroatoms. The first-order valence-electron chi connectivity index (χ1n) is 11.8. The van der Waals surface area contributed by atoms with Crippen LogP contribution in [-0.2, 0) is 36.6 Å². The number of hydrogen-bond donors (Lipinski definition) is 3. The Bertz CT molecular complexity index is 1220. The summed E-state index contributed by atoms with van der Waals surface area (Å²) in [5.41, 5.74) is 8.25. The zero-order valence-electron chi connectivity index (χ0n) is 20.1. The summed E-state index contributed by atoms with van der Waals surface area (Å²) in [6.07, 6.45) is -3.72. The molecule has 194 valence electrons. The molecule has 4 rings (SSSR count). The summed E-state index contributed by atoms with van der Waals surface area (Å²) in [6, 6.07) is 13.8. The Morgan fingerprint density at radius 1 is 1.22 bits per heavy atom. The summed E-state index contributed by atoms with van der Waals surface area (Å²) in [5.74, 6) is -5.06. The van der Waals surface area contributed by atoms with E-state index in [4.69, 9.17) is 19.9 Å². The highest BCUT2D eigenvalue weighted by molar-refractivity contribution is 5.89. The van der Waals surface area contributed by atoms with Crippen LogP contribution in [0.2, 0.25) is 0 Å². The summed E-state index contributed by atoms with van der Waals surface area (Å²) < 4.78 is 16.3. The molecule has 2 unspecified atom stereocenters. The second kappa shape index (κ2) is 10.6. The predicted octanol–water partition coefficient (Wildman–Crippen LogP) is 0.533. The van der Waals surface area contributed by atoms with Crippen LogP contribution >= 0.6 is 0 Å². The number of nitrogens with zero attached hydrogens (tertiary/aromatic N) is 2. The number of aliphatic hydroxyl groups is 2. The number of benzene rings is 2. The fourth-order valence-corrected chi connectivity index (χ4v) is 4.52. The molecule has 2 aromatic rings. The maximum Gasteiger partial charge on any atom is 0.347 e. The van der Waals surface area contributed by atoms with Crippen molar-refractivity contribution in [3.05, 3.63) is 64.7 Å². The zero-order chi connectivity index (χ0) is 26.7. The van der Waals surface area contributed by atoms with E-state index in [1.807, 2.05) is 6.92 Å². The van der Waals surface area contributed by atoms with Gasteiger partial charge in [0, 0.05) is 12.6 Å². The van der Waals surface area contributed by atoms with Crippen LogP contribution in [0.25, 0.3) is 0 Å². The zero-order valence-corrected chi connectivity index (χ0v) is 20.1. The molecule has 0 radical (unpaired) electrons. The molecule has 4 N–H and O–H groups in total. The highest BCUT2D eigenvalue weighted by Crippen LogP contribution is 2.44. The van der Waals surface area contributed by atoms with Crippen molar-refractivity contribution >= 4 is 23.6 Å². The van der Waals surface area contributed by atoms with E-state index in [0.717, 1.165) is 5.56 Å². The molecule has 0 bridgehead atoms. The van der Waals surface area contributed by atoms with E-state index < -0.39 is 36.0 Å². The lowest BCUT2D eigenvalue weighted by molar-refractivity contribution is -0.222. The molecule has 2 aliphatic rings. The van der Waals surface area contributed by atoms with Gasteiger partial charge in [0.05, 0.1) is 29.8 Å². The minimum atomic E-state index is -2.13. The van der Waals surface area contributed by atoms with E-state index in [-0.39, 0.29) is 37.6 Å². The van der Waals surface area contributed by atoms with Crippen molar-refractivity contribution in [3.8, 4) is 6.07 Å². The number of esters is 3. The first-order valence-corrected chi connectivity index (χ1v) is 11.8. The van der Waals surface area contributed by atoms with Crippen LogP contribution in [0.4, 0.5) is 5.69 Å². The second-order valence-electron chi connectivity index (χ2n) is 9.07. The van der Waals surface area contributed by atoms with Gasteiger partial charge in [-0.05, 0) is 49.1 Å². The van der Waals surface area contributed by atoms with Gasteiger partial charge >= 0.3 is 23.8 Å². The molecule has 2 aromatic carbocycles. The standard InChI is InChI=1S/C26H27N3O8/c1-15(28)10-16-11-18-13-26(36-24(33)21(30)22(31)25(34)37-26)29(20(18)19(12-16)14-27)8-5-9-35-23(32)17-6-3-2-4-7-17/h2-4,6-7,11-12,15,21-22,30-31H,5,8-10,13,28H2,1H3/t15-,21?,22?,26?/m1/s1. The topological polar surface area (TPSA) is 172 Å². The van der Waals surface area contributed by atoms with E-state index in [1.165, 1.54) is 4.90 Å². The Kier molecular flexibility index (Phi) is 7.45. The largest absolute Gasteiger partial charge is 0.462 e. The number of anilines is 1. The molecule has 2 aliphatic heterocycles. The Labute approximate surface area is 212 Å². The van der Waals surface area contributed by atoms with E-state index in [2.05, 4.69) is 6.07 Å². The number of rotatable bonds is 7. The summed E-state index contributed by atoms with van der Waals surface area (Å²) >= 11 is 0. The van der Waals surface area contributed by atoms with Crippen LogP contribution in [0.5, 0.6) is 0 Å². The van der Waals surface area contributed by atoms with Gasteiger partial charge in [0.15, 0.2) is 12.2 Å². The number of ether oxygens (including phenoxy) is 3. The molecule has 1 saturated heterocycles. The van der Waals surface area contributed by atoms with E-state index in [0.29, 0.717) is 23.2 Å². The molecule has 1 fully saturated rings. The number of carbonyl (C=O) groups is 3. The van der Waals surface area contributed by atoms with Crippen LogP contribution in [0.1, 0.15) is 40.4 Å².